The number of hydrogen-bond donors (Lipinski definition) is 0. The zero-order valence-electron chi connectivity index (χ0n) is 15.0. The largest absolute Gasteiger partial charge is 0.287 e. The minimum Gasteiger partial charge on any atom is -0.287 e. The van der Waals surface area contributed by atoms with E-state index in [1.165, 1.54) is 0 Å². The first-order chi connectivity index (χ1) is 13.3. The molecule has 0 saturated carbocycles. The van der Waals surface area contributed by atoms with Gasteiger partial charge in [-0.15, -0.1) is 5.10 Å². The highest BCUT2D eigenvalue weighted by Crippen LogP contribution is 2.29. The third kappa shape index (κ3) is 3.29. The van der Waals surface area contributed by atoms with Crippen LogP contribution < -0.4 is 0 Å². The molecular weight excluding hydrogens is 334 g/mol. The summed E-state index contributed by atoms with van der Waals surface area (Å²) in [6, 6.07) is 29.1. The van der Waals surface area contributed by atoms with E-state index in [9.17, 15) is 4.79 Å². The number of hydrogen-bond acceptors (Lipinski definition) is 3. The number of nitrogens with zero attached hydrogens (tertiary/aromatic N) is 3. The first-order valence-corrected chi connectivity index (χ1v) is 8.91. The van der Waals surface area contributed by atoms with E-state index in [1.807, 2.05) is 71.4 Å². The average Bonchev–Trinajstić information content (AvgIpc) is 3.19. The average molecular weight is 353 g/mol. The monoisotopic (exact) mass is 353 g/mol. The van der Waals surface area contributed by atoms with E-state index < -0.39 is 0 Å². The number of carbonyl (C=O) groups is 1. The van der Waals surface area contributed by atoms with Gasteiger partial charge in [0.15, 0.2) is 5.69 Å². The molecule has 0 N–H and O–H groups in total. The lowest BCUT2D eigenvalue weighted by Crippen LogP contribution is -2.11. The summed E-state index contributed by atoms with van der Waals surface area (Å²) in [4.78, 5) is 13.1. The summed E-state index contributed by atoms with van der Waals surface area (Å²) in [6.07, 6.45) is 0. The minimum absolute atomic E-state index is 0.0498. The van der Waals surface area contributed by atoms with Gasteiger partial charge in [-0.1, -0.05) is 96.2 Å². The first-order valence-electron chi connectivity index (χ1n) is 8.91. The first kappa shape index (κ1) is 16.9. The molecule has 4 aromatic rings. The molecule has 132 valence electrons. The molecule has 0 aliphatic heterocycles. The molecule has 27 heavy (non-hydrogen) atoms. The van der Waals surface area contributed by atoms with E-state index in [4.69, 9.17) is 0 Å². The van der Waals surface area contributed by atoms with Crippen molar-refractivity contribution >= 4 is 5.78 Å². The number of carbonyl (C=O) groups excluding carboxylic acids is 1. The van der Waals surface area contributed by atoms with Crippen LogP contribution in [0.4, 0.5) is 0 Å². The molecule has 1 unspecified atom stereocenters. The Morgan fingerprint density at radius 2 is 1.37 bits per heavy atom. The zero-order chi connectivity index (χ0) is 18.6. The molecule has 4 rings (SSSR count). The predicted molar refractivity (Wildman–Crippen MR) is 106 cm³/mol. The molecule has 0 amide bonds. The summed E-state index contributed by atoms with van der Waals surface area (Å²) < 4.78 is 1.83. The van der Waals surface area contributed by atoms with Crippen molar-refractivity contribution < 1.29 is 4.79 Å². The van der Waals surface area contributed by atoms with Crippen LogP contribution in [0.2, 0.25) is 0 Å². The van der Waals surface area contributed by atoms with Crippen molar-refractivity contribution in [1.82, 2.24) is 15.0 Å². The maximum absolute atomic E-state index is 13.1. The molecule has 1 atom stereocenters. The van der Waals surface area contributed by atoms with Crippen molar-refractivity contribution in [2.24, 2.45) is 0 Å². The van der Waals surface area contributed by atoms with Gasteiger partial charge in [0.1, 0.15) is 5.69 Å². The van der Waals surface area contributed by atoms with E-state index in [0.717, 1.165) is 16.8 Å². The van der Waals surface area contributed by atoms with E-state index >= 15 is 0 Å². The summed E-state index contributed by atoms with van der Waals surface area (Å²) in [5.74, 6) is -0.124. The van der Waals surface area contributed by atoms with E-state index in [1.54, 1.807) is 12.1 Å². The summed E-state index contributed by atoms with van der Waals surface area (Å²) in [7, 11) is 0. The molecule has 0 radical (unpaired) electrons. The van der Waals surface area contributed by atoms with Crippen LogP contribution in [0.3, 0.4) is 0 Å². The highest BCUT2D eigenvalue weighted by Gasteiger charge is 2.24. The summed E-state index contributed by atoms with van der Waals surface area (Å²) in [6.45, 7) is 2.06. The topological polar surface area (TPSA) is 47.8 Å². The molecule has 4 nitrogen and oxygen atoms in total. The number of benzene rings is 3. The highest BCUT2D eigenvalue weighted by atomic mass is 16.1. The fraction of sp³-hybridized carbons (Fsp3) is 0.0870. The van der Waals surface area contributed by atoms with Gasteiger partial charge in [0.25, 0.3) is 0 Å². The third-order valence-electron chi connectivity index (χ3n) is 4.64. The summed E-state index contributed by atoms with van der Waals surface area (Å²) in [5.41, 5.74) is 3.74. The molecule has 0 bridgehead atoms. The van der Waals surface area contributed by atoms with Crippen molar-refractivity contribution in [2.45, 2.75) is 13.0 Å². The van der Waals surface area contributed by atoms with Gasteiger partial charge in [-0.2, -0.15) is 0 Å². The van der Waals surface area contributed by atoms with Crippen molar-refractivity contribution in [3.63, 3.8) is 0 Å². The van der Waals surface area contributed by atoms with Crippen molar-refractivity contribution in [3.05, 3.63) is 108 Å². The molecule has 0 aliphatic rings. The van der Waals surface area contributed by atoms with Crippen LogP contribution in [0.25, 0.3) is 11.3 Å². The molecule has 1 heterocycles. The second kappa shape index (κ2) is 7.38. The highest BCUT2D eigenvalue weighted by molar-refractivity contribution is 6.10. The molecule has 3 aromatic carbocycles. The smallest absolute Gasteiger partial charge is 0.215 e. The molecular formula is C23H19N3O. The maximum atomic E-state index is 13.1. The van der Waals surface area contributed by atoms with Gasteiger partial charge in [-0.25, -0.2) is 4.68 Å². The van der Waals surface area contributed by atoms with E-state index in [2.05, 4.69) is 29.4 Å². The van der Waals surface area contributed by atoms with Crippen LogP contribution in [-0.2, 0) is 0 Å². The number of aromatic nitrogens is 3. The Morgan fingerprint density at radius 3 is 2.00 bits per heavy atom. The Hall–Kier alpha value is -3.53. The molecule has 4 heteroatoms. The number of rotatable bonds is 5. The maximum Gasteiger partial charge on any atom is 0.215 e. The van der Waals surface area contributed by atoms with Gasteiger partial charge < -0.3 is 0 Å². The minimum atomic E-state index is -0.124. The quantitative estimate of drug-likeness (QED) is 0.485. The lowest BCUT2D eigenvalue weighted by molar-refractivity contribution is 0.103. The molecule has 0 aliphatic carbocycles. The fourth-order valence-electron chi connectivity index (χ4n) is 3.18. The Morgan fingerprint density at radius 1 is 0.815 bits per heavy atom. The lowest BCUT2D eigenvalue weighted by atomic mass is 10.0. The lowest BCUT2D eigenvalue weighted by Gasteiger charge is -2.16. The Bertz CT molecular complexity index is 1040. The standard InChI is InChI=1S/C23H19N3O/c1-17(18-11-5-2-6-12-18)26-22(19-13-7-3-8-14-19)21(24-25-26)23(27)20-15-9-4-10-16-20/h2-17H,1H3. The van der Waals surface area contributed by atoms with Gasteiger partial charge >= 0.3 is 0 Å². The Labute approximate surface area is 158 Å². The van der Waals surface area contributed by atoms with Crippen LogP contribution in [0, 0.1) is 0 Å². The molecule has 0 fully saturated rings. The molecule has 0 spiro atoms. The van der Waals surface area contributed by atoms with Crippen molar-refractivity contribution in [1.29, 1.82) is 0 Å². The predicted octanol–water partition coefficient (Wildman–Crippen LogP) is 4.79. The van der Waals surface area contributed by atoms with Crippen LogP contribution in [0.15, 0.2) is 91.0 Å². The van der Waals surface area contributed by atoms with Gasteiger partial charge in [0.2, 0.25) is 5.78 Å². The summed E-state index contributed by atoms with van der Waals surface area (Å²) >= 11 is 0. The zero-order valence-corrected chi connectivity index (χ0v) is 15.0. The van der Waals surface area contributed by atoms with Crippen LogP contribution in [0.5, 0.6) is 0 Å². The Balaban J connectivity index is 1.86. The molecule has 1 aromatic heterocycles. The normalized spacial score (nSPS) is 11.9. The van der Waals surface area contributed by atoms with Crippen LogP contribution >= 0.6 is 0 Å². The van der Waals surface area contributed by atoms with Crippen LogP contribution in [-0.4, -0.2) is 20.8 Å². The third-order valence-corrected chi connectivity index (χ3v) is 4.64. The van der Waals surface area contributed by atoms with E-state index in [0.29, 0.717) is 11.3 Å². The van der Waals surface area contributed by atoms with Gasteiger partial charge in [0.05, 0.1) is 6.04 Å². The van der Waals surface area contributed by atoms with E-state index in [-0.39, 0.29) is 11.8 Å². The van der Waals surface area contributed by atoms with Gasteiger partial charge in [-0.05, 0) is 12.5 Å². The van der Waals surface area contributed by atoms with Crippen molar-refractivity contribution in [3.8, 4) is 11.3 Å². The fourth-order valence-corrected chi connectivity index (χ4v) is 3.18. The second-order valence-corrected chi connectivity index (χ2v) is 6.38. The SMILES string of the molecule is CC(c1ccccc1)n1nnc(C(=O)c2ccccc2)c1-c1ccccc1. The van der Waals surface area contributed by atoms with Crippen LogP contribution in [0.1, 0.15) is 34.6 Å². The van der Waals surface area contributed by atoms with Gasteiger partial charge in [-0.3, -0.25) is 4.79 Å². The molecule has 0 saturated heterocycles. The summed E-state index contributed by atoms with van der Waals surface area (Å²) in [5, 5.41) is 8.64. The van der Waals surface area contributed by atoms with Gasteiger partial charge in [0, 0.05) is 11.1 Å². The van der Waals surface area contributed by atoms with Crippen molar-refractivity contribution in [2.75, 3.05) is 0 Å². The Kier molecular flexibility index (Phi) is 4.62. The second-order valence-electron chi connectivity index (χ2n) is 6.38. The number of ketones is 1.